The number of hydrogen-bond donors (Lipinski definition) is 2. The van der Waals surface area contributed by atoms with Gasteiger partial charge in [0.05, 0.1) is 6.07 Å². The third-order valence-corrected chi connectivity index (χ3v) is 3.33. The zero-order chi connectivity index (χ0) is 14.5. The molecule has 0 spiro atoms. The van der Waals surface area contributed by atoms with E-state index in [1.165, 1.54) is 0 Å². The number of hydrogen-bond acceptors (Lipinski definition) is 2. The molecule has 0 saturated heterocycles. The number of carbonyl (C=O) groups is 1. The van der Waals surface area contributed by atoms with E-state index in [1.54, 1.807) is 18.2 Å². The first kappa shape index (κ1) is 15.6. The van der Waals surface area contributed by atoms with E-state index >= 15 is 0 Å². The number of urea groups is 1. The topological polar surface area (TPSA) is 64.9 Å². The zero-order valence-electron chi connectivity index (χ0n) is 10.8. The largest absolute Gasteiger partial charge is 0.320 e. The quantitative estimate of drug-likeness (QED) is 0.875. The minimum Gasteiger partial charge on any atom is -0.319 e. The normalized spacial score (nSPS) is 10.7. The van der Waals surface area contributed by atoms with Crippen LogP contribution in [0.2, 0.25) is 10.0 Å². The molecule has 19 heavy (non-hydrogen) atoms. The van der Waals surface area contributed by atoms with E-state index in [1.807, 2.05) is 13.8 Å². The fraction of sp³-hybridized carbons (Fsp3) is 0.385. The molecule has 0 aromatic heterocycles. The van der Waals surface area contributed by atoms with Crippen molar-refractivity contribution in [1.29, 1.82) is 5.26 Å². The molecule has 2 amide bonds. The van der Waals surface area contributed by atoms with Crippen molar-refractivity contribution in [2.75, 3.05) is 5.32 Å². The van der Waals surface area contributed by atoms with E-state index in [4.69, 9.17) is 28.5 Å². The van der Waals surface area contributed by atoms with Crippen LogP contribution in [-0.2, 0) is 0 Å². The standard InChI is InChI=1S/C13H15Cl2N3O/c1-3-13(4-2,8-16)18-12(19)17-11-6-9(14)5-10(15)7-11/h5-7H,3-4H2,1-2H3,(H2,17,18,19). The summed E-state index contributed by atoms with van der Waals surface area (Å²) in [5, 5.41) is 15.3. The Kier molecular flexibility index (Phi) is 5.46. The van der Waals surface area contributed by atoms with E-state index in [0.29, 0.717) is 28.6 Å². The second-order valence-electron chi connectivity index (χ2n) is 4.14. The van der Waals surface area contributed by atoms with Crippen LogP contribution in [0.25, 0.3) is 0 Å². The fourth-order valence-corrected chi connectivity index (χ4v) is 2.14. The van der Waals surface area contributed by atoms with Gasteiger partial charge in [0.15, 0.2) is 0 Å². The molecule has 0 fully saturated rings. The van der Waals surface area contributed by atoms with Crippen molar-refractivity contribution in [1.82, 2.24) is 5.32 Å². The smallest absolute Gasteiger partial charge is 0.319 e. The van der Waals surface area contributed by atoms with E-state index < -0.39 is 11.6 Å². The molecule has 0 bridgehead atoms. The predicted molar refractivity (Wildman–Crippen MR) is 77.5 cm³/mol. The van der Waals surface area contributed by atoms with Gasteiger partial charge in [-0.3, -0.25) is 0 Å². The van der Waals surface area contributed by atoms with Gasteiger partial charge in [0.25, 0.3) is 0 Å². The van der Waals surface area contributed by atoms with Crippen LogP contribution >= 0.6 is 23.2 Å². The number of nitrogens with one attached hydrogen (secondary N) is 2. The molecule has 6 heteroatoms. The Bertz CT molecular complexity index is 487. The summed E-state index contributed by atoms with van der Waals surface area (Å²) in [6.07, 6.45) is 1.06. The first-order valence-electron chi connectivity index (χ1n) is 5.91. The molecule has 0 aliphatic heterocycles. The predicted octanol–water partition coefficient (Wildman–Crippen LogP) is 4.20. The lowest BCUT2D eigenvalue weighted by molar-refractivity contribution is 0.242. The summed E-state index contributed by atoms with van der Waals surface area (Å²) in [6.45, 7) is 3.70. The molecule has 1 rings (SSSR count). The molecular weight excluding hydrogens is 285 g/mol. The van der Waals surface area contributed by atoms with Gasteiger partial charge in [-0.15, -0.1) is 0 Å². The highest BCUT2D eigenvalue weighted by atomic mass is 35.5. The Hall–Kier alpha value is -1.44. The molecule has 0 atom stereocenters. The number of benzene rings is 1. The molecule has 2 N–H and O–H groups in total. The Balaban J connectivity index is 2.78. The molecule has 0 aliphatic rings. The second-order valence-corrected chi connectivity index (χ2v) is 5.01. The summed E-state index contributed by atoms with van der Waals surface area (Å²) in [4.78, 5) is 11.9. The number of carbonyl (C=O) groups excluding carboxylic acids is 1. The number of halogens is 2. The summed E-state index contributed by atoms with van der Waals surface area (Å²) in [5.74, 6) is 0. The minimum atomic E-state index is -0.855. The van der Waals surface area contributed by atoms with Crippen LogP contribution in [0.3, 0.4) is 0 Å². The second kappa shape index (κ2) is 6.65. The van der Waals surface area contributed by atoms with Gasteiger partial charge in [0, 0.05) is 15.7 Å². The highest BCUT2D eigenvalue weighted by molar-refractivity contribution is 6.35. The summed E-state index contributed by atoms with van der Waals surface area (Å²) >= 11 is 11.7. The van der Waals surface area contributed by atoms with Crippen LogP contribution < -0.4 is 10.6 Å². The van der Waals surface area contributed by atoms with E-state index in [0.717, 1.165) is 0 Å². The first-order chi connectivity index (χ1) is 8.94. The Morgan fingerprint density at radius 1 is 1.26 bits per heavy atom. The average molecular weight is 300 g/mol. The SMILES string of the molecule is CCC(C#N)(CC)NC(=O)Nc1cc(Cl)cc(Cl)c1. The average Bonchev–Trinajstić information content (AvgIpc) is 2.35. The van der Waals surface area contributed by atoms with E-state index in [2.05, 4.69) is 16.7 Å². The van der Waals surface area contributed by atoms with Gasteiger partial charge < -0.3 is 10.6 Å². The van der Waals surface area contributed by atoms with Gasteiger partial charge in [-0.25, -0.2) is 4.79 Å². The highest BCUT2D eigenvalue weighted by Gasteiger charge is 2.27. The minimum absolute atomic E-state index is 0.431. The lowest BCUT2D eigenvalue weighted by atomic mass is 9.95. The van der Waals surface area contributed by atoms with Gasteiger partial charge in [0.2, 0.25) is 0 Å². The molecule has 4 nitrogen and oxygen atoms in total. The van der Waals surface area contributed by atoms with Crippen molar-refractivity contribution in [3.05, 3.63) is 28.2 Å². The lowest BCUT2D eigenvalue weighted by Gasteiger charge is -2.25. The highest BCUT2D eigenvalue weighted by Crippen LogP contribution is 2.22. The van der Waals surface area contributed by atoms with E-state index in [-0.39, 0.29) is 0 Å². The maximum Gasteiger partial charge on any atom is 0.320 e. The zero-order valence-corrected chi connectivity index (χ0v) is 12.3. The summed E-state index contributed by atoms with van der Waals surface area (Å²) in [6, 6.07) is 6.41. The number of nitrogens with zero attached hydrogens (tertiary/aromatic N) is 1. The molecule has 102 valence electrons. The van der Waals surface area contributed by atoms with Crippen LogP contribution in [0.1, 0.15) is 26.7 Å². The summed E-state index contributed by atoms with van der Waals surface area (Å²) < 4.78 is 0. The summed E-state index contributed by atoms with van der Waals surface area (Å²) in [7, 11) is 0. The molecule has 1 aromatic carbocycles. The van der Waals surface area contributed by atoms with Crippen molar-refractivity contribution in [2.24, 2.45) is 0 Å². The third kappa shape index (κ3) is 4.30. The van der Waals surface area contributed by atoms with Crippen molar-refractivity contribution >= 4 is 34.9 Å². The van der Waals surface area contributed by atoms with Crippen molar-refractivity contribution in [2.45, 2.75) is 32.2 Å². The molecule has 0 aliphatic carbocycles. The van der Waals surface area contributed by atoms with Gasteiger partial charge >= 0.3 is 6.03 Å². The molecule has 0 radical (unpaired) electrons. The van der Waals surface area contributed by atoms with Crippen LogP contribution in [0.4, 0.5) is 10.5 Å². The first-order valence-corrected chi connectivity index (χ1v) is 6.66. The van der Waals surface area contributed by atoms with Crippen molar-refractivity contribution in [3.8, 4) is 6.07 Å². The molecule has 0 saturated carbocycles. The lowest BCUT2D eigenvalue weighted by Crippen LogP contribution is -2.48. The van der Waals surface area contributed by atoms with Gasteiger partial charge in [-0.2, -0.15) is 5.26 Å². The molecule has 0 heterocycles. The molecule has 0 unspecified atom stereocenters. The summed E-state index contributed by atoms with van der Waals surface area (Å²) in [5.41, 5.74) is -0.374. The van der Waals surface area contributed by atoms with Crippen LogP contribution in [0.5, 0.6) is 0 Å². The monoisotopic (exact) mass is 299 g/mol. The maximum absolute atomic E-state index is 11.9. The number of anilines is 1. The van der Waals surface area contributed by atoms with Crippen LogP contribution in [0, 0.1) is 11.3 Å². The Labute approximate surface area is 122 Å². The number of rotatable bonds is 4. The van der Waals surface area contributed by atoms with Crippen molar-refractivity contribution < 1.29 is 4.79 Å². The van der Waals surface area contributed by atoms with Crippen LogP contribution in [-0.4, -0.2) is 11.6 Å². The number of nitriles is 1. The molecule has 1 aromatic rings. The molecular formula is C13H15Cl2N3O. The maximum atomic E-state index is 11.9. The van der Waals surface area contributed by atoms with Gasteiger partial charge in [-0.05, 0) is 31.0 Å². The van der Waals surface area contributed by atoms with Gasteiger partial charge in [0.1, 0.15) is 5.54 Å². The Morgan fingerprint density at radius 3 is 2.21 bits per heavy atom. The van der Waals surface area contributed by atoms with E-state index in [9.17, 15) is 4.79 Å². The number of amides is 2. The van der Waals surface area contributed by atoms with Gasteiger partial charge in [-0.1, -0.05) is 37.0 Å². The fourth-order valence-electron chi connectivity index (χ4n) is 1.62. The van der Waals surface area contributed by atoms with Crippen molar-refractivity contribution in [3.63, 3.8) is 0 Å². The van der Waals surface area contributed by atoms with Crippen LogP contribution in [0.15, 0.2) is 18.2 Å². The Morgan fingerprint density at radius 2 is 1.79 bits per heavy atom. The third-order valence-electron chi connectivity index (χ3n) is 2.89.